The highest BCUT2D eigenvalue weighted by atomic mass is 19.1. The number of halogens is 2. The summed E-state index contributed by atoms with van der Waals surface area (Å²) in [6.07, 6.45) is 2.93. The Balaban J connectivity index is 1.71. The summed E-state index contributed by atoms with van der Waals surface area (Å²) in [6.45, 7) is 3.75. The molecule has 1 aromatic carbocycles. The molecular formula is C21H20F2N4O3. The van der Waals surface area contributed by atoms with Crippen LogP contribution in [0.3, 0.4) is 0 Å². The van der Waals surface area contributed by atoms with Gasteiger partial charge in [0.05, 0.1) is 5.39 Å². The molecule has 0 spiro atoms. The molecule has 1 saturated carbocycles. The van der Waals surface area contributed by atoms with Gasteiger partial charge in [0.2, 0.25) is 5.43 Å². The Morgan fingerprint density at radius 2 is 2.03 bits per heavy atom. The summed E-state index contributed by atoms with van der Waals surface area (Å²) in [5, 5.41) is 12.8. The smallest absolute Gasteiger partial charge is 0.341 e. The first-order chi connectivity index (χ1) is 14.4. The van der Waals surface area contributed by atoms with Crippen molar-refractivity contribution in [2.45, 2.75) is 31.8 Å². The number of aromatic nitrogens is 2. The van der Waals surface area contributed by atoms with Gasteiger partial charge in [-0.25, -0.2) is 18.6 Å². The fraction of sp³-hybridized carbons (Fsp3) is 0.381. The molecule has 7 nitrogen and oxygen atoms in total. The predicted octanol–water partition coefficient (Wildman–Crippen LogP) is 2.66. The molecule has 2 aliphatic rings. The summed E-state index contributed by atoms with van der Waals surface area (Å²) < 4.78 is 31.8. The molecule has 0 atom stereocenters. The second kappa shape index (κ2) is 6.73. The number of fused-ring (bicyclic) bond motifs is 2. The Labute approximate surface area is 169 Å². The highest BCUT2D eigenvalue weighted by Crippen LogP contribution is 2.38. The van der Waals surface area contributed by atoms with Crippen molar-refractivity contribution in [3.8, 4) is 0 Å². The average Bonchev–Trinajstić information content (AvgIpc) is 3.50. The van der Waals surface area contributed by atoms with Crippen LogP contribution in [-0.4, -0.2) is 46.3 Å². The first kappa shape index (κ1) is 18.9. The van der Waals surface area contributed by atoms with E-state index in [2.05, 4.69) is 10.3 Å². The van der Waals surface area contributed by atoms with Crippen molar-refractivity contribution in [3.05, 3.63) is 45.8 Å². The summed E-state index contributed by atoms with van der Waals surface area (Å²) in [7, 11) is 0. The number of carboxylic acids is 1. The minimum absolute atomic E-state index is 0.0235. The number of carboxylic acid groups (broad SMARTS) is 1. The molecule has 0 bridgehead atoms. The Morgan fingerprint density at radius 1 is 1.30 bits per heavy atom. The molecule has 0 unspecified atom stereocenters. The predicted molar refractivity (Wildman–Crippen MR) is 108 cm³/mol. The molecule has 1 aliphatic carbocycles. The van der Waals surface area contributed by atoms with Gasteiger partial charge in [0.25, 0.3) is 0 Å². The molecule has 0 radical (unpaired) electrons. The van der Waals surface area contributed by atoms with Gasteiger partial charge in [-0.15, -0.1) is 0 Å². The van der Waals surface area contributed by atoms with Gasteiger partial charge in [0.1, 0.15) is 28.2 Å². The standard InChI is InChI=1S/C21H20F2N4O3/c1-2-24-11-7-26(8-11)18-15(22)6-10-5-13-19(28)14(21(29)30)9-27(12-3-4-12)20(13)25-17(10)16(18)23/h5-6,9,11-12,24H,2-4,7-8H2,1H3,(H,29,30). The zero-order valence-corrected chi connectivity index (χ0v) is 16.3. The lowest BCUT2D eigenvalue weighted by Crippen LogP contribution is -2.58. The van der Waals surface area contributed by atoms with E-state index < -0.39 is 23.0 Å². The van der Waals surface area contributed by atoms with E-state index >= 15 is 4.39 Å². The van der Waals surface area contributed by atoms with E-state index in [9.17, 15) is 19.1 Å². The van der Waals surface area contributed by atoms with Gasteiger partial charge in [-0.3, -0.25) is 4.79 Å². The fourth-order valence-electron chi connectivity index (χ4n) is 4.15. The van der Waals surface area contributed by atoms with Gasteiger partial charge in [0, 0.05) is 36.8 Å². The lowest BCUT2D eigenvalue weighted by Gasteiger charge is -2.41. The summed E-state index contributed by atoms with van der Waals surface area (Å²) in [5.41, 5.74) is -0.993. The van der Waals surface area contributed by atoms with Crippen LogP contribution in [0.25, 0.3) is 21.9 Å². The molecule has 2 N–H and O–H groups in total. The third kappa shape index (κ3) is 2.84. The van der Waals surface area contributed by atoms with E-state index in [0.29, 0.717) is 13.1 Å². The first-order valence-corrected chi connectivity index (χ1v) is 9.98. The molecule has 2 aromatic heterocycles. The number of likely N-dealkylation sites (N-methyl/N-ethyl adjacent to an activating group) is 1. The lowest BCUT2D eigenvalue weighted by atomic mass is 10.0. The largest absolute Gasteiger partial charge is 0.477 e. The van der Waals surface area contributed by atoms with Crippen LogP contribution in [0.15, 0.2) is 23.1 Å². The van der Waals surface area contributed by atoms with E-state index in [0.717, 1.165) is 25.5 Å². The number of nitrogens with one attached hydrogen (secondary N) is 1. The van der Waals surface area contributed by atoms with Crippen LogP contribution in [0.5, 0.6) is 0 Å². The number of nitrogens with zero attached hydrogens (tertiary/aromatic N) is 3. The summed E-state index contributed by atoms with van der Waals surface area (Å²) in [5.74, 6) is -2.83. The van der Waals surface area contributed by atoms with Crippen molar-refractivity contribution in [2.24, 2.45) is 0 Å². The first-order valence-electron chi connectivity index (χ1n) is 9.98. The summed E-state index contributed by atoms with van der Waals surface area (Å²) in [4.78, 5) is 30.2. The van der Waals surface area contributed by atoms with Crippen LogP contribution in [0.4, 0.5) is 14.5 Å². The van der Waals surface area contributed by atoms with Gasteiger partial charge in [-0.1, -0.05) is 6.92 Å². The second-order valence-corrected chi connectivity index (χ2v) is 7.93. The number of pyridine rings is 2. The average molecular weight is 414 g/mol. The van der Waals surface area contributed by atoms with Gasteiger partial charge in [0.15, 0.2) is 5.82 Å². The lowest BCUT2D eigenvalue weighted by molar-refractivity contribution is 0.0695. The number of carbonyl (C=O) groups is 1. The van der Waals surface area contributed by atoms with Gasteiger partial charge >= 0.3 is 5.97 Å². The molecule has 0 amide bonds. The van der Waals surface area contributed by atoms with Crippen LogP contribution < -0.4 is 15.6 Å². The molecule has 3 aromatic rings. The van der Waals surface area contributed by atoms with Crippen LogP contribution >= 0.6 is 0 Å². The Bertz CT molecular complexity index is 1260. The second-order valence-electron chi connectivity index (χ2n) is 7.93. The minimum atomic E-state index is -1.34. The van der Waals surface area contributed by atoms with E-state index in [4.69, 9.17) is 0 Å². The zero-order chi connectivity index (χ0) is 21.2. The molecule has 156 valence electrons. The molecular weight excluding hydrogens is 394 g/mol. The maximum atomic E-state index is 15.4. The van der Waals surface area contributed by atoms with Crippen molar-refractivity contribution in [3.63, 3.8) is 0 Å². The molecule has 3 heterocycles. The number of aromatic carboxylic acids is 1. The third-order valence-corrected chi connectivity index (χ3v) is 5.82. The van der Waals surface area contributed by atoms with Crippen molar-refractivity contribution in [1.82, 2.24) is 14.9 Å². The summed E-state index contributed by atoms with van der Waals surface area (Å²) in [6, 6.07) is 2.72. The highest BCUT2D eigenvalue weighted by molar-refractivity contribution is 5.97. The monoisotopic (exact) mass is 414 g/mol. The SMILES string of the molecule is CCNC1CN(c2c(F)cc3cc4c(=O)c(C(=O)O)cn(C5CC5)c4nc3c2F)C1. The Hall–Kier alpha value is -3.07. The van der Waals surface area contributed by atoms with Gasteiger partial charge < -0.3 is 19.9 Å². The van der Waals surface area contributed by atoms with Crippen molar-refractivity contribution in [2.75, 3.05) is 24.5 Å². The van der Waals surface area contributed by atoms with Gasteiger partial charge in [-0.2, -0.15) is 0 Å². The Kier molecular flexibility index (Phi) is 4.25. The molecule has 1 saturated heterocycles. The number of anilines is 1. The zero-order valence-electron chi connectivity index (χ0n) is 16.3. The minimum Gasteiger partial charge on any atom is -0.477 e. The van der Waals surface area contributed by atoms with Crippen LogP contribution in [-0.2, 0) is 0 Å². The summed E-state index contributed by atoms with van der Waals surface area (Å²) >= 11 is 0. The number of hydrogen-bond donors (Lipinski definition) is 2. The fourth-order valence-corrected chi connectivity index (χ4v) is 4.15. The van der Waals surface area contributed by atoms with Crippen LogP contribution in [0.1, 0.15) is 36.2 Å². The molecule has 9 heteroatoms. The van der Waals surface area contributed by atoms with Gasteiger partial charge in [-0.05, 0) is 31.5 Å². The Morgan fingerprint density at radius 3 is 2.67 bits per heavy atom. The van der Waals surface area contributed by atoms with Crippen molar-refractivity contribution >= 4 is 33.6 Å². The number of rotatable bonds is 5. The van der Waals surface area contributed by atoms with E-state index in [1.165, 1.54) is 12.3 Å². The number of benzene rings is 1. The van der Waals surface area contributed by atoms with E-state index in [-0.39, 0.29) is 45.3 Å². The third-order valence-electron chi connectivity index (χ3n) is 5.82. The number of hydrogen-bond acceptors (Lipinski definition) is 5. The maximum absolute atomic E-state index is 15.4. The molecule has 5 rings (SSSR count). The van der Waals surface area contributed by atoms with Crippen molar-refractivity contribution < 1.29 is 18.7 Å². The molecule has 1 aliphatic heterocycles. The molecule has 2 fully saturated rings. The quantitative estimate of drug-likeness (QED) is 0.625. The van der Waals surface area contributed by atoms with Crippen LogP contribution in [0.2, 0.25) is 0 Å². The van der Waals surface area contributed by atoms with E-state index in [1.54, 1.807) is 9.47 Å². The molecule has 30 heavy (non-hydrogen) atoms. The maximum Gasteiger partial charge on any atom is 0.341 e. The highest BCUT2D eigenvalue weighted by Gasteiger charge is 2.32. The topological polar surface area (TPSA) is 87.5 Å². The van der Waals surface area contributed by atoms with Crippen LogP contribution in [0, 0.1) is 11.6 Å². The van der Waals surface area contributed by atoms with E-state index in [1.807, 2.05) is 6.92 Å². The van der Waals surface area contributed by atoms with Crippen molar-refractivity contribution in [1.29, 1.82) is 0 Å². The normalized spacial score (nSPS) is 17.0.